The molecular formula is C23H27N5O2S. The van der Waals surface area contributed by atoms with Gasteiger partial charge in [-0.05, 0) is 59.2 Å². The molecule has 1 atom stereocenters. The molecule has 0 saturated carbocycles. The van der Waals surface area contributed by atoms with E-state index in [1.54, 1.807) is 11.3 Å². The zero-order chi connectivity index (χ0) is 22.5. The highest BCUT2D eigenvalue weighted by atomic mass is 32.1. The largest absolute Gasteiger partial charge is 0.460 e. The first kappa shape index (κ1) is 21.2. The van der Waals surface area contributed by atoms with Gasteiger partial charge in [-0.1, -0.05) is 12.1 Å². The third-order valence-electron chi connectivity index (χ3n) is 5.20. The summed E-state index contributed by atoms with van der Waals surface area (Å²) in [6.07, 6.45) is 0.0842. The highest BCUT2D eigenvalue weighted by Crippen LogP contribution is 2.39. The molecule has 1 aromatic carbocycles. The normalized spacial score (nSPS) is 15.7. The smallest absolute Gasteiger partial charge is 0.308 e. The van der Waals surface area contributed by atoms with Gasteiger partial charge >= 0.3 is 5.97 Å². The van der Waals surface area contributed by atoms with Crippen molar-refractivity contribution in [2.75, 3.05) is 5.73 Å². The van der Waals surface area contributed by atoms with Crippen LogP contribution >= 0.6 is 11.3 Å². The van der Waals surface area contributed by atoms with E-state index in [0.29, 0.717) is 11.5 Å². The van der Waals surface area contributed by atoms with Gasteiger partial charge in [0.05, 0.1) is 12.1 Å². The summed E-state index contributed by atoms with van der Waals surface area (Å²) >= 11 is 1.69. The van der Waals surface area contributed by atoms with Crippen LogP contribution in [0.4, 0.5) is 5.69 Å². The summed E-state index contributed by atoms with van der Waals surface area (Å²) in [5, 5.41) is 9.74. The average Bonchev–Trinajstić information content (AvgIpc) is 3.14. The van der Waals surface area contributed by atoms with Crippen LogP contribution in [0.15, 0.2) is 29.3 Å². The van der Waals surface area contributed by atoms with Gasteiger partial charge in [-0.25, -0.2) is 0 Å². The monoisotopic (exact) mass is 437 g/mol. The first-order valence-corrected chi connectivity index (χ1v) is 11.0. The molecule has 0 unspecified atom stereocenters. The number of benzene rings is 1. The van der Waals surface area contributed by atoms with Crippen molar-refractivity contribution in [3.8, 4) is 5.00 Å². The van der Waals surface area contributed by atoms with E-state index in [1.807, 2.05) is 56.5 Å². The molecule has 3 aromatic rings. The van der Waals surface area contributed by atoms with Crippen molar-refractivity contribution in [2.45, 2.75) is 59.6 Å². The standard InChI is InChI=1S/C23H27N5O2S/c1-12-13(2)31-22-19(12)20(15-7-9-16(24)10-8-15)25-17(11-18(29)30-23(4,5)6)21-27-26-14(3)28(21)22/h7-10,17H,11,24H2,1-6H3/t17-/m0/s1. The SMILES string of the molecule is Cc1sc2c(c1C)C(c1ccc(N)cc1)=N[C@@H](CC(=O)OC(C)(C)C)c1nnc(C)n1-2. The number of aliphatic imine (C=N–C) groups is 1. The lowest BCUT2D eigenvalue weighted by Crippen LogP contribution is -2.25. The first-order chi connectivity index (χ1) is 14.5. The number of nitrogens with zero attached hydrogens (tertiary/aromatic N) is 4. The van der Waals surface area contributed by atoms with Gasteiger partial charge in [0.25, 0.3) is 0 Å². The number of hydrogen-bond acceptors (Lipinski definition) is 7. The number of hydrogen-bond donors (Lipinski definition) is 1. The van der Waals surface area contributed by atoms with Crippen LogP contribution in [0.5, 0.6) is 0 Å². The van der Waals surface area contributed by atoms with Crippen LogP contribution < -0.4 is 5.73 Å². The number of fused-ring (bicyclic) bond motifs is 3. The minimum Gasteiger partial charge on any atom is -0.460 e. The molecule has 31 heavy (non-hydrogen) atoms. The Kier molecular flexibility index (Phi) is 5.21. The number of rotatable bonds is 3. The third-order valence-corrected chi connectivity index (χ3v) is 6.40. The second-order valence-corrected chi connectivity index (χ2v) is 10.0. The molecule has 0 aliphatic carbocycles. The number of nitrogens with two attached hydrogens (primary N) is 1. The maximum Gasteiger partial charge on any atom is 0.308 e. The van der Waals surface area contributed by atoms with Crippen LogP contribution in [0.2, 0.25) is 0 Å². The van der Waals surface area contributed by atoms with E-state index in [0.717, 1.165) is 33.2 Å². The second kappa shape index (κ2) is 7.60. The van der Waals surface area contributed by atoms with Crippen molar-refractivity contribution in [3.63, 3.8) is 0 Å². The maximum absolute atomic E-state index is 12.7. The van der Waals surface area contributed by atoms with E-state index in [-0.39, 0.29) is 12.4 Å². The summed E-state index contributed by atoms with van der Waals surface area (Å²) in [6, 6.07) is 7.15. The molecule has 3 heterocycles. The average molecular weight is 438 g/mol. The van der Waals surface area contributed by atoms with Crippen molar-refractivity contribution in [1.29, 1.82) is 0 Å². The lowest BCUT2D eigenvalue weighted by atomic mass is 9.99. The number of thiophene rings is 1. The molecule has 2 aromatic heterocycles. The fourth-order valence-corrected chi connectivity index (χ4v) is 4.92. The van der Waals surface area contributed by atoms with Gasteiger partial charge in [-0.2, -0.15) is 0 Å². The van der Waals surface area contributed by atoms with Crippen molar-refractivity contribution in [1.82, 2.24) is 14.8 Å². The molecule has 0 bridgehead atoms. The summed E-state index contributed by atoms with van der Waals surface area (Å²) in [4.78, 5) is 19.0. The predicted molar refractivity (Wildman–Crippen MR) is 123 cm³/mol. The molecule has 2 N–H and O–H groups in total. The van der Waals surface area contributed by atoms with E-state index in [9.17, 15) is 4.79 Å². The molecule has 7 nitrogen and oxygen atoms in total. The minimum atomic E-state index is -0.568. The molecular weight excluding hydrogens is 410 g/mol. The summed E-state index contributed by atoms with van der Waals surface area (Å²) in [5.41, 5.74) is 10.0. The Labute approximate surface area is 186 Å². The van der Waals surface area contributed by atoms with Gasteiger partial charge in [0.2, 0.25) is 0 Å². The second-order valence-electron chi connectivity index (χ2n) is 8.81. The number of ether oxygens (including phenoxy) is 1. The van der Waals surface area contributed by atoms with Crippen molar-refractivity contribution in [3.05, 3.63) is 57.5 Å². The van der Waals surface area contributed by atoms with E-state index in [2.05, 4.69) is 24.0 Å². The zero-order valence-corrected chi connectivity index (χ0v) is 19.5. The highest BCUT2D eigenvalue weighted by molar-refractivity contribution is 7.15. The number of carbonyl (C=O) groups is 1. The van der Waals surface area contributed by atoms with Crippen molar-refractivity contribution >= 4 is 28.7 Å². The number of esters is 1. The Balaban J connectivity index is 1.91. The number of aryl methyl sites for hydroxylation is 2. The fourth-order valence-electron chi connectivity index (χ4n) is 3.71. The quantitative estimate of drug-likeness (QED) is 0.482. The van der Waals surface area contributed by atoms with Crippen molar-refractivity contribution in [2.24, 2.45) is 4.99 Å². The topological polar surface area (TPSA) is 95.4 Å². The van der Waals surface area contributed by atoms with Crippen LogP contribution in [0, 0.1) is 20.8 Å². The molecule has 0 fully saturated rings. The summed E-state index contributed by atoms with van der Waals surface area (Å²) in [7, 11) is 0. The van der Waals surface area contributed by atoms with Crippen molar-refractivity contribution < 1.29 is 9.53 Å². The van der Waals surface area contributed by atoms with Gasteiger partial charge < -0.3 is 10.5 Å². The van der Waals surface area contributed by atoms with Crippen LogP contribution in [-0.4, -0.2) is 32.0 Å². The molecule has 0 amide bonds. The van der Waals surface area contributed by atoms with E-state index >= 15 is 0 Å². The molecule has 1 aliphatic heterocycles. The highest BCUT2D eigenvalue weighted by Gasteiger charge is 2.33. The third kappa shape index (κ3) is 3.99. The summed E-state index contributed by atoms with van der Waals surface area (Å²) in [5.74, 6) is 1.10. The molecule has 8 heteroatoms. The number of nitrogen functional groups attached to an aromatic ring is 1. The Hall–Kier alpha value is -3.00. The Bertz CT molecular complexity index is 1180. The number of anilines is 1. The first-order valence-electron chi connectivity index (χ1n) is 10.2. The van der Waals surface area contributed by atoms with E-state index in [4.69, 9.17) is 15.5 Å². The fraction of sp³-hybridized carbons (Fsp3) is 0.391. The Morgan fingerprint density at radius 1 is 1.16 bits per heavy atom. The predicted octanol–water partition coefficient (Wildman–Crippen LogP) is 4.46. The van der Waals surface area contributed by atoms with Gasteiger partial charge in [-0.3, -0.25) is 14.4 Å². The van der Waals surface area contributed by atoms with E-state index in [1.165, 1.54) is 4.88 Å². The molecule has 0 spiro atoms. The van der Waals surface area contributed by atoms with Crippen LogP contribution in [-0.2, 0) is 9.53 Å². The Morgan fingerprint density at radius 3 is 2.48 bits per heavy atom. The van der Waals surface area contributed by atoms with Gasteiger partial charge in [-0.15, -0.1) is 21.5 Å². The zero-order valence-electron chi connectivity index (χ0n) is 18.7. The molecule has 1 aliphatic rings. The number of carbonyl (C=O) groups excluding carboxylic acids is 1. The maximum atomic E-state index is 12.7. The van der Waals surface area contributed by atoms with Crippen LogP contribution in [0.1, 0.15) is 66.5 Å². The summed E-state index contributed by atoms with van der Waals surface area (Å²) < 4.78 is 7.61. The van der Waals surface area contributed by atoms with Crippen LogP contribution in [0.3, 0.4) is 0 Å². The number of aromatic nitrogens is 3. The molecule has 0 radical (unpaired) electrons. The Morgan fingerprint density at radius 2 is 1.84 bits per heavy atom. The summed E-state index contributed by atoms with van der Waals surface area (Å²) in [6.45, 7) is 11.7. The van der Waals surface area contributed by atoms with Gasteiger partial charge in [0.1, 0.15) is 22.5 Å². The molecule has 0 saturated heterocycles. The van der Waals surface area contributed by atoms with Gasteiger partial charge in [0, 0.05) is 21.7 Å². The molecule has 4 rings (SSSR count). The lowest BCUT2D eigenvalue weighted by Gasteiger charge is -2.21. The lowest BCUT2D eigenvalue weighted by molar-refractivity contribution is -0.155. The van der Waals surface area contributed by atoms with Gasteiger partial charge in [0.15, 0.2) is 5.82 Å². The molecule has 162 valence electrons. The van der Waals surface area contributed by atoms with Crippen LogP contribution in [0.25, 0.3) is 5.00 Å². The van der Waals surface area contributed by atoms with E-state index < -0.39 is 11.6 Å². The minimum absolute atomic E-state index is 0.0842.